The third kappa shape index (κ3) is 3.30. The molecule has 3 heterocycles. The predicted molar refractivity (Wildman–Crippen MR) is 84.4 cm³/mol. The molecule has 0 bridgehead atoms. The lowest BCUT2D eigenvalue weighted by atomic mass is 10.1. The summed E-state index contributed by atoms with van der Waals surface area (Å²) in [5.74, 6) is 0.192. The topological polar surface area (TPSA) is 72.8 Å². The van der Waals surface area contributed by atoms with Crippen LogP contribution in [0.25, 0.3) is 0 Å². The summed E-state index contributed by atoms with van der Waals surface area (Å²) in [4.78, 5) is 20.5. The Morgan fingerprint density at radius 1 is 1.55 bits per heavy atom. The van der Waals surface area contributed by atoms with Crippen LogP contribution in [0.4, 0.5) is 0 Å². The van der Waals surface area contributed by atoms with Gasteiger partial charge in [-0.25, -0.2) is 9.78 Å². The second kappa shape index (κ2) is 6.65. The molecule has 1 atom stereocenters. The molecule has 0 saturated carbocycles. The van der Waals surface area contributed by atoms with Crippen LogP contribution in [0.2, 0.25) is 0 Å². The number of fused-ring (bicyclic) bond motifs is 1. The van der Waals surface area contributed by atoms with Crippen molar-refractivity contribution in [3.05, 3.63) is 46.6 Å². The Morgan fingerprint density at radius 2 is 2.45 bits per heavy atom. The second-order valence-corrected chi connectivity index (χ2v) is 5.71. The molecule has 1 N–H and O–H groups in total. The number of rotatable bonds is 4. The molecule has 0 aromatic carbocycles. The summed E-state index contributed by atoms with van der Waals surface area (Å²) in [6.45, 7) is 0.193. The van der Waals surface area contributed by atoms with Crippen molar-refractivity contribution < 1.29 is 14.3 Å². The molecule has 7 heteroatoms. The van der Waals surface area contributed by atoms with Gasteiger partial charge in [0.25, 0.3) is 0 Å². The number of carbonyl (C=O) groups excluding carboxylic acids is 1. The van der Waals surface area contributed by atoms with E-state index in [4.69, 9.17) is 9.47 Å². The maximum Gasteiger partial charge on any atom is 0.335 e. The van der Waals surface area contributed by atoms with E-state index in [1.165, 1.54) is 11.8 Å². The van der Waals surface area contributed by atoms with Crippen molar-refractivity contribution in [1.29, 1.82) is 0 Å². The molecule has 0 spiro atoms. The molecule has 0 radical (unpaired) electrons. The first kappa shape index (κ1) is 14.6. The Labute approximate surface area is 132 Å². The number of hydrogen-bond donors (Lipinski definition) is 1. The standard InChI is InChI=1S/C15H15N3O3S/c1-20-13-4-10(2-3-17-13)7-21-15(19)12-5-11-6-16-9-18-14(11)22-8-12/h2-4,6,8-9,14H,5,7H2,1H3,(H,16,18). The van der Waals surface area contributed by atoms with E-state index in [-0.39, 0.29) is 18.0 Å². The number of aromatic nitrogens is 1. The third-order valence-electron chi connectivity index (χ3n) is 3.24. The summed E-state index contributed by atoms with van der Waals surface area (Å²) in [6, 6.07) is 3.54. The van der Waals surface area contributed by atoms with Gasteiger partial charge in [-0.2, -0.15) is 0 Å². The van der Waals surface area contributed by atoms with Gasteiger partial charge in [-0.1, -0.05) is 0 Å². The number of nitrogens with zero attached hydrogens (tertiary/aromatic N) is 2. The lowest BCUT2D eigenvalue weighted by Gasteiger charge is -2.23. The molecule has 0 saturated heterocycles. The summed E-state index contributed by atoms with van der Waals surface area (Å²) in [5, 5.41) is 4.85. The zero-order valence-corrected chi connectivity index (χ0v) is 12.8. The monoisotopic (exact) mass is 317 g/mol. The number of methoxy groups -OCH3 is 1. The van der Waals surface area contributed by atoms with Crippen molar-refractivity contribution >= 4 is 24.1 Å². The Hall–Kier alpha value is -2.28. The fourth-order valence-corrected chi connectivity index (χ4v) is 3.03. The Kier molecular flexibility index (Phi) is 4.43. The molecule has 22 heavy (non-hydrogen) atoms. The van der Waals surface area contributed by atoms with E-state index in [0.29, 0.717) is 17.9 Å². The molecular formula is C15H15N3O3S. The number of esters is 1. The van der Waals surface area contributed by atoms with Crippen LogP contribution in [-0.4, -0.2) is 29.8 Å². The first-order valence-electron chi connectivity index (χ1n) is 6.73. The fraction of sp³-hybridized carbons (Fsp3) is 0.267. The number of aliphatic imine (C=N–C) groups is 1. The highest BCUT2D eigenvalue weighted by Crippen LogP contribution is 2.34. The summed E-state index contributed by atoms with van der Waals surface area (Å²) in [6.07, 6.45) is 5.73. The largest absolute Gasteiger partial charge is 0.481 e. The molecule has 2 aliphatic heterocycles. The van der Waals surface area contributed by atoms with Crippen LogP contribution in [0.3, 0.4) is 0 Å². The van der Waals surface area contributed by atoms with E-state index in [9.17, 15) is 4.79 Å². The van der Waals surface area contributed by atoms with Crippen LogP contribution in [0.1, 0.15) is 12.0 Å². The molecule has 0 aliphatic carbocycles. The summed E-state index contributed by atoms with van der Waals surface area (Å²) < 4.78 is 10.4. The van der Waals surface area contributed by atoms with Gasteiger partial charge in [0.15, 0.2) is 0 Å². The Balaban J connectivity index is 1.60. The van der Waals surface area contributed by atoms with Crippen molar-refractivity contribution in [2.24, 2.45) is 4.99 Å². The van der Waals surface area contributed by atoms with Gasteiger partial charge < -0.3 is 14.8 Å². The molecule has 114 valence electrons. The zero-order valence-electron chi connectivity index (χ0n) is 12.0. The van der Waals surface area contributed by atoms with Gasteiger partial charge >= 0.3 is 5.97 Å². The van der Waals surface area contributed by atoms with E-state index in [0.717, 1.165) is 11.1 Å². The highest BCUT2D eigenvalue weighted by molar-refractivity contribution is 8.03. The first-order valence-corrected chi connectivity index (χ1v) is 7.68. The number of carbonyl (C=O) groups is 1. The average molecular weight is 317 g/mol. The number of nitrogens with one attached hydrogen (secondary N) is 1. The molecule has 6 nitrogen and oxygen atoms in total. The van der Waals surface area contributed by atoms with Crippen molar-refractivity contribution in [3.63, 3.8) is 0 Å². The van der Waals surface area contributed by atoms with Gasteiger partial charge in [-0.15, -0.1) is 11.8 Å². The lowest BCUT2D eigenvalue weighted by Crippen LogP contribution is -2.21. The third-order valence-corrected chi connectivity index (χ3v) is 4.35. The van der Waals surface area contributed by atoms with Crippen molar-refractivity contribution in [2.75, 3.05) is 7.11 Å². The minimum atomic E-state index is -0.308. The molecular weight excluding hydrogens is 302 g/mol. The minimum Gasteiger partial charge on any atom is -0.481 e. The molecule has 1 aromatic rings. The molecule has 3 rings (SSSR count). The first-order chi connectivity index (χ1) is 10.8. The minimum absolute atomic E-state index is 0.0715. The smallest absolute Gasteiger partial charge is 0.335 e. The number of hydrogen-bond acceptors (Lipinski definition) is 7. The van der Waals surface area contributed by atoms with Gasteiger partial charge in [-0.3, -0.25) is 4.99 Å². The predicted octanol–water partition coefficient (Wildman–Crippen LogP) is 2.00. The fourth-order valence-electron chi connectivity index (χ4n) is 2.10. The highest BCUT2D eigenvalue weighted by atomic mass is 32.2. The van der Waals surface area contributed by atoms with Crippen LogP contribution in [0.15, 0.2) is 46.1 Å². The van der Waals surface area contributed by atoms with Crippen molar-refractivity contribution in [3.8, 4) is 5.88 Å². The van der Waals surface area contributed by atoms with E-state index in [1.807, 2.05) is 11.6 Å². The normalized spacial score (nSPS) is 19.4. The van der Waals surface area contributed by atoms with Gasteiger partial charge in [0.2, 0.25) is 5.88 Å². The van der Waals surface area contributed by atoms with E-state index < -0.39 is 0 Å². The van der Waals surface area contributed by atoms with Gasteiger partial charge in [0.05, 0.1) is 13.4 Å². The summed E-state index contributed by atoms with van der Waals surface area (Å²) in [7, 11) is 1.55. The van der Waals surface area contributed by atoms with Crippen LogP contribution >= 0.6 is 11.8 Å². The van der Waals surface area contributed by atoms with E-state index in [1.54, 1.807) is 31.8 Å². The van der Waals surface area contributed by atoms with Crippen molar-refractivity contribution in [2.45, 2.75) is 18.4 Å². The molecule has 0 fully saturated rings. The maximum absolute atomic E-state index is 12.2. The Bertz CT molecular complexity index is 670. The van der Waals surface area contributed by atoms with Crippen LogP contribution in [-0.2, 0) is 16.1 Å². The number of ether oxygens (including phenoxy) is 2. The van der Waals surface area contributed by atoms with E-state index in [2.05, 4.69) is 15.3 Å². The van der Waals surface area contributed by atoms with Crippen molar-refractivity contribution in [1.82, 2.24) is 10.3 Å². The van der Waals surface area contributed by atoms with Gasteiger partial charge in [0.1, 0.15) is 12.0 Å². The second-order valence-electron chi connectivity index (χ2n) is 4.75. The quantitative estimate of drug-likeness (QED) is 0.856. The number of thioether (sulfide) groups is 1. The lowest BCUT2D eigenvalue weighted by molar-refractivity contribution is -0.140. The molecule has 1 unspecified atom stereocenters. The number of pyridine rings is 1. The SMILES string of the molecule is COc1cc(COC(=O)C2=CSC3N=CNC=C3C2)ccn1. The maximum atomic E-state index is 12.2. The van der Waals surface area contributed by atoms with Gasteiger partial charge in [-0.05, 0) is 22.6 Å². The molecule has 1 aromatic heterocycles. The highest BCUT2D eigenvalue weighted by Gasteiger charge is 2.25. The zero-order chi connectivity index (χ0) is 15.4. The van der Waals surface area contributed by atoms with Crippen LogP contribution in [0, 0.1) is 0 Å². The molecule has 2 aliphatic rings. The summed E-state index contributed by atoms with van der Waals surface area (Å²) in [5.41, 5.74) is 2.56. The molecule has 0 amide bonds. The van der Waals surface area contributed by atoms with Crippen LogP contribution < -0.4 is 10.1 Å². The summed E-state index contributed by atoms with van der Waals surface area (Å²) >= 11 is 1.51. The van der Waals surface area contributed by atoms with E-state index >= 15 is 0 Å². The van der Waals surface area contributed by atoms with Crippen LogP contribution in [0.5, 0.6) is 5.88 Å². The average Bonchev–Trinajstić information content (AvgIpc) is 2.59. The van der Waals surface area contributed by atoms with Gasteiger partial charge in [0, 0.05) is 30.5 Å². The Morgan fingerprint density at radius 3 is 3.32 bits per heavy atom.